The Morgan fingerprint density at radius 3 is 2.88 bits per heavy atom. The molecule has 2 aromatic rings. The van der Waals surface area contributed by atoms with Crippen LogP contribution in [0, 0.1) is 0 Å². The summed E-state index contributed by atoms with van der Waals surface area (Å²) in [7, 11) is 3.91. The number of anilines is 2. The number of likely N-dealkylation sites (N-methyl/N-ethyl adjacent to an activating group) is 1. The van der Waals surface area contributed by atoms with E-state index in [4.69, 9.17) is 9.15 Å². The summed E-state index contributed by atoms with van der Waals surface area (Å²) >= 11 is 0. The zero-order valence-electron chi connectivity index (χ0n) is 13.6. The Morgan fingerprint density at radius 2 is 2.17 bits per heavy atom. The standard InChI is InChI=1S/C17H19N3O4/c1-19(2)7-8-20-13-6-5-12(10-15(13)24-11-16(20)21)18-17(22)14-4-3-9-23-14/h3-6,9-10H,7-8,11H2,1-2H3,(H,18,22). The maximum atomic E-state index is 12.1. The van der Waals surface area contributed by atoms with Gasteiger partial charge in [0, 0.05) is 24.8 Å². The van der Waals surface area contributed by atoms with Gasteiger partial charge in [-0.2, -0.15) is 0 Å². The number of nitrogens with zero attached hydrogens (tertiary/aromatic N) is 2. The second-order valence-electron chi connectivity index (χ2n) is 5.75. The molecule has 2 heterocycles. The Labute approximate surface area is 139 Å². The molecule has 126 valence electrons. The van der Waals surface area contributed by atoms with Gasteiger partial charge in [0.25, 0.3) is 11.8 Å². The third-order valence-electron chi connectivity index (χ3n) is 3.68. The van der Waals surface area contributed by atoms with Gasteiger partial charge in [-0.3, -0.25) is 9.59 Å². The van der Waals surface area contributed by atoms with Gasteiger partial charge in [-0.1, -0.05) is 0 Å². The van der Waals surface area contributed by atoms with Crippen molar-refractivity contribution < 1.29 is 18.7 Å². The maximum Gasteiger partial charge on any atom is 0.291 e. The number of amides is 2. The highest BCUT2D eigenvalue weighted by Gasteiger charge is 2.25. The van der Waals surface area contributed by atoms with Crippen LogP contribution in [0.25, 0.3) is 0 Å². The first kappa shape index (κ1) is 16.1. The van der Waals surface area contributed by atoms with Crippen molar-refractivity contribution in [1.29, 1.82) is 0 Å². The van der Waals surface area contributed by atoms with E-state index in [0.717, 1.165) is 6.54 Å². The zero-order chi connectivity index (χ0) is 17.1. The molecule has 3 rings (SSSR count). The lowest BCUT2D eigenvalue weighted by molar-refractivity contribution is -0.121. The normalized spacial score (nSPS) is 13.6. The number of rotatable bonds is 5. The SMILES string of the molecule is CN(C)CCN1C(=O)COc2cc(NC(=O)c3ccco3)ccc21. The first-order chi connectivity index (χ1) is 11.5. The van der Waals surface area contributed by atoms with E-state index in [1.165, 1.54) is 6.26 Å². The predicted molar refractivity (Wildman–Crippen MR) is 89.5 cm³/mol. The molecule has 1 aliphatic heterocycles. The second-order valence-corrected chi connectivity index (χ2v) is 5.75. The molecule has 0 aliphatic carbocycles. The largest absolute Gasteiger partial charge is 0.481 e. The maximum absolute atomic E-state index is 12.1. The molecular weight excluding hydrogens is 310 g/mol. The Balaban J connectivity index is 1.78. The molecule has 7 nitrogen and oxygen atoms in total. The number of hydrogen-bond donors (Lipinski definition) is 1. The molecule has 1 aliphatic rings. The lowest BCUT2D eigenvalue weighted by atomic mass is 10.2. The molecule has 7 heteroatoms. The van der Waals surface area contributed by atoms with E-state index >= 15 is 0 Å². The van der Waals surface area contributed by atoms with Gasteiger partial charge < -0.3 is 24.3 Å². The fraction of sp³-hybridized carbons (Fsp3) is 0.294. The Morgan fingerprint density at radius 1 is 1.33 bits per heavy atom. The molecule has 24 heavy (non-hydrogen) atoms. The van der Waals surface area contributed by atoms with Gasteiger partial charge in [-0.05, 0) is 38.4 Å². The summed E-state index contributed by atoms with van der Waals surface area (Å²) in [5, 5.41) is 2.75. The minimum absolute atomic E-state index is 0.00396. The van der Waals surface area contributed by atoms with Crippen LogP contribution in [0.15, 0.2) is 41.0 Å². The van der Waals surface area contributed by atoms with E-state index < -0.39 is 0 Å². The van der Waals surface area contributed by atoms with Crippen LogP contribution in [-0.4, -0.2) is 50.5 Å². The smallest absolute Gasteiger partial charge is 0.291 e. The number of ether oxygens (including phenoxy) is 1. The number of furan rings is 1. The molecule has 0 fully saturated rings. The van der Waals surface area contributed by atoms with E-state index in [2.05, 4.69) is 5.32 Å². The van der Waals surface area contributed by atoms with Crippen molar-refractivity contribution in [3.8, 4) is 5.75 Å². The molecular formula is C17H19N3O4. The molecule has 2 amide bonds. The van der Waals surface area contributed by atoms with Crippen molar-refractivity contribution in [2.45, 2.75) is 0 Å². The molecule has 0 unspecified atom stereocenters. The van der Waals surface area contributed by atoms with Crippen LogP contribution >= 0.6 is 0 Å². The van der Waals surface area contributed by atoms with Crippen LogP contribution in [0.2, 0.25) is 0 Å². The van der Waals surface area contributed by atoms with Crippen molar-refractivity contribution in [3.05, 3.63) is 42.4 Å². The van der Waals surface area contributed by atoms with E-state index in [-0.39, 0.29) is 24.2 Å². The highest BCUT2D eigenvalue weighted by molar-refractivity contribution is 6.03. The molecule has 0 saturated heterocycles. The van der Waals surface area contributed by atoms with Crippen LogP contribution < -0.4 is 15.0 Å². The zero-order valence-corrected chi connectivity index (χ0v) is 13.6. The summed E-state index contributed by atoms with van der Waals surface area (Å²) < 4.78 is 10.6. The number of hydrogen-bond acceptors (Lipinski definition) is 5. The molecule has 0 bridgehead atoms. The minimum Gasteiger partial charge on any atom is -0.481 e. The molecule has 0 atom stereocenters. The summed E-state index contributed by atoms with van der Waals surface area (Å²) in [6, 6.07) is 8.47. The van der Waals surface area contributed by atoms with Gasteiger partial charge in [0.1, 0.15) is 5.75 Å². The highest BCUT2D eigenvalue weighted by Crippen LogP contribution is 2.34. The van der Waals surface area contributed by atoms with Crippen molar-refractivity contribution in [1.82, 2.24) is 4.90 Å². The topological polar surface area (TPSA) is 75.0 Å². The van der Waals surface area contributed by atoms with Crippen LogP contribution in [0.1, 0.15) is 10.6 Å². The van der Waals surface area contributed by atoms with Gasteiger partial charge in [0.05, 0.1) is 12.0 Å². The average Bonchev–Trinajstić information content (AvgIpc) is 3.08. The lowest BCUT2D eigenvalue weighted by Gasteiger charge is -2.30. The predicted octanol–water partition coefficient (Wildman–Crippen LogP) is 1.82. The first-order valence-electron chi connectivity index (χ1n) is 7.61. The summed E-state index contributed by atoms with van der Waals surface area (Å²) in [6.07, 6.45) is 1.44. The summed E-state index contributed by atoms with van der Waals surface area (Å²) in [6.45, 7) is 1.33. The molecule has 1 aromatic heterocycles. The third kappa shape index (κ3) is 3.41. The first-order valence-corrected chi connectivity index (χ1v) is 7.61. The molecule has 0 spiro atoms. The Hall–Kier alpha value is -2.80. The molecule has 0 saturated carbocycles. The van der Waals surface area contributed by atoms with Crippen molar-refractivity contribution in [2.75, 3.05) is 44.0 Å². The van der Waals surface area contributed by atoms with Crippen LogP contribution in [0.4, 0.5) is 11.4 Å². The number of benzene rings is 1. The van der Waals surface area contributed by atoms with Crippen molar-refractivity contribution >= 4 is 23.2 Å². The van der Waals surface area contributed by atoms with Crippen LogP contribution in [0.5, 0.6) is 5.75 Å². The number of carbonyl (C=O) groups is 2. The van der Waals surface area contributed by atoms with Gasteiger partial charge in [-0.25, -0.2) is 0 Å². The second kappa shape index (κ2) is 6.76. The average molecular weight is 329 g/mol. The lowest BCUT2D eigenvalue weighted by Crippen LogP contribution is -2.42. The Kier molecular flexibility index (Phi) is 4.52. The molecule has 1 N–H and O–H groups in total. The fourth-order valence-corrected chi connectivity index (χ4v) is 2.43. The van der Waals surface area contributed by atoms with Crippen LogP contribution in [-0.2, 0) is 4.79 Å². The number of carbonyl (C=O) groups excluding carboxylic acids is 2. The Bertz CT molecular complexity index is 740. The van der Waals surface area contributed by atoms with E-state index in [0.29, 0.717) is 23.7 Å². The summed E-state index contributed by atoms with van der Waals surface area (Å²) in [5.74, 6) is 0.398. The van der Waals surface area contributed by atoms with Crippen molar-refractivity contribution in [2.24, 2.45) is 0 Å². The summed E-state index contributed by atoms with van der Waals surface area (Å²) in [5.41, 5.74) is 1.29. The molecule has 0 radical (unpaired) electrons. The van der Waals surface area contributed by atoms with E-state index in [1.54, 1.807) is 35.2 Å². The van der Waals surface area contributed by atoms with Gasteiger partial charge in [-0.15, -0.1) is 0 Å². The quantitative estimate of drug-likeness (QED) is 0.905. The number of nitrogens with one attached hydrogen (secondary N) is 1. The van der Waals surface area contributed by atoms with Gasteiger partial charge in [0.15, 0.2) is 12.4 Å². The minimum atomic E-state index is -0.337. The van der Waals surface area contributed by atoms with Crippen LogP contribution in [0.3, 0.4) is 0 Å². The fourth-order valence-electron chi connectivity index (χ4n) is 2.43. The van der Waals surface area contributed by atoms with E-state index in [9.17, 15) is 9.59 Å². The third-order valence-corrected chi connectivity index (χ3v) is 3.68. The monoisotopic (exact) mass is 329 g/mol. The number of fused-ring (bicyclic) bond motifs is 1. The van der Waals surface area contributed by atoms with Crippen molar-refractivity contribution in [3.63, 3.8) is 0 Å². The highest BCUT2D eigenvalue weighted by atomic mass is 16.5. The van der Waals surface area contributed by atoms with Gasteiger partial charge >= 0.3 is 0 Å². The summed E-state index contributed by atoms with van der Waals surface area (Å²) in [4.78, 5) is 27.8. The molecule has 1 aromatic carbocycles. The van der Waals surface area contributed by atoms with Gasteiger partial charge in [0.2, 0.25) is 0 Å². The van der Waals surface area contributed by atoms with E-state index in [1.807, 2.05) is 19.0 Å².